The molecule has 17 heteroatoms. The minimum atomic E-state index is -5.18. The number of amides is 3. The third-order valence-corrected chi connectivity index (χ3v) is 8.39. The Hall–Kier alpha value is -2.87. The van der Waals surface area contributed by atoms with Crippen molar-refractivity contribution < 1.29 is 41.1 Å². The second-order valence-corrected chi connectivity index (χ2v) is 12.1. The summed E-state index contributed by atoms with van der Waals surface area (Å²) >= 11 is 30.9. The Kier molecular flexibility index (Phi) is 9.94. The van der Waals surface area contributed by atoms with Crippen LogP contribution >= 0.6 is 58.0 Å². The maximum atomic E-state index is 15.1. The van der Waals surface area contributed by atoms with Gasteiger partial charge in [-0.2, -0.15) is 0 Å². The molecule has 1 aliphatic carbocycles. The minimum absolute atomic E-state index is 0.0830. The zero-order chi connectivity index (χ0) is 32.7. The minimum Gasteiger partial charge on any atom is -0.326 e. The molecule has 3 aromatic carbocycles. The van der Waals surface area contributed by atoms with Crippen molar-refractivity contribution in [3.05, 3.63) is 86.4 Å². The number of rotatable bonds is 8. The van der Waals surface area contributed by atoms with Gasteiger partial charge in [0.2, 0.25) is 5.91 Å². The second-order valence-electron chi connectivity index (χ2n) is 9.42. The van der Waals surface area contributed by atoms with E-state index in [0.717, 1.165) is 19.1 Å². The summed E-state index contributed by atoms with van der Waals surface area (Å²) in [6.45, 7) is 0.717. The highest BCUT2D eigenvalue weighted by Gasteiger charge is 2.67. The summed E-state index contributed by atoms with van der Waals surface area (Å²) in [5.41, 5.74) is -1.40. The number of anilines is 3. The van der Waals surface area contributed by atoms with Crippen LogP contribution in [-0.2, 0) is 14.3 Å². The molecule has 2 unspecified atom stereocenters. The molecule has 3 aromatic rings. The Bertz CT molecular complexity index is 1660. The van der Waals surface area contributed by atoms with Crippen LogP contribution in [0.2, 0.25) is 15.1 Å². The molecule has 0 bridgehead atoms. The van der Waals surface area contributed by atoms with Crippen molar-refractivity contribution >= 4 is 92.8 Å². The third-order valence-electron chi connectivity index (χ3n) is 6.38. The lowest BCUT2D eigenvalue weighted by atomic mass is 10.1. The van der Waals surface area contributed by atoms with E-state index in [1.165, 1.54) is 24.3 Å². The average Bonchev–Trinajstić information content (AvgIpc) is 3.51. The molecule has 4 rings (SSSR count). The molecule has 1 saturated carbocycles. The van der Waals surface area contributed by atoms with Crippen LogP contribution in [0.4, 0.5) is 39.0 Å². The maximum Gasteiger partial charge on any atom is 0.523 e. The molecule has 0 aliphatic heterocycles. The Morgan fingerprint density at radius 2 is 1.55 bits per heavy atom. The van der Waals surface area contributed by atoms with Gasteiger partial charge in [0, 0.05) is 11.6 Å². The maximum absolute atomic E-state index is 15.1. The van der Waals surface area contributed by atoms with Gasteiger partial charge in [-0.05, 0) is 55.0 Å². The van der Waals surface area contributed by atoms with Crippen LogP contribution in [0.3, 0.4) is 0 Å². The number of nitrogens with one attached hydrogen (secondary N) is 3. The highest BCUT2D eigenvalue weighted by molar-refractivity contribution is 6.53. The van der Waals surface area contributed by atoms with E-state index in [1.54, 1.807) is 11.4 Å². The number of hydrogen-bond donors (Lipinski definition) is 3. The average molecular weight is 720 g/mol. The van der Waals surface area contributed by atoms with Crippen LogP contribution in [0.25, 0.3) is 0 Å². The Morgan fingerprint density at radius 1 is 0.886 bits per heavy atom. The number of carbonyl (C=O) groups is 3. The van der Waals surface area contributed by atoms with Gasteiger partial charge in [-0.25, -0.2) is 8.78 Å². The summed E-state index contributed by atoms with van der Waals surface area (Å²) in [6, 6.07) is 9.96. The lowest BCUT2D eigenvalue weighted by Crippen LogP contribution is -2.33. The Balaban J connectivity index is 1.49. The second kappa shape index (κ2) is 12.9. The van der Waals surface area contributed by atoms with Crippen molar-refractivity contribution in [1.82, 2.24) is 0 Å². The van der Waals surface area contributed by atoms with Gasteiger partial charge >= 0.3 is 6.36 Å². The molecule has 0 heterocycles. The number of hydrogen-bond acceptors (Lipinski definition) is 4. The highest BCUT2D eigenvalue weighted by atomic mass is 35.5. The summed E-state index contributed by atoms with van der Waals surface area (Å²) in [4.78, 5) is 38.0. The van der Waals surface area contributed by atoms with Gasteiger partial charge in [-0.15, -0.1) is 36.4 Å². The predicted molar refractivity (Wildman–Crippen MR) is 157 cm³/mol. The number of alkyl halides is 5. The van der Waals surface area contributed by atoms with Gasteiger partial charge in [0.05, 0.1) is 32.2 Å². The van der Waals surface area contributed by atoms with Crippen molar-refractivity contribution in [2.24, 2.45) is 5.92 Å². The van der Waals surface area contributed by atoms with E-state index in [9.17, 15) is 31.9 Å². The highest BCUT2D eigenvalue weighted by Crippen LogP contribution is 2.65. The van der Waals surface area contributed by atoms with Gasteiger partial charge in [-0.3, -0.25) is 19.1 Å². The van der Waals surface area contributed by atoms with Crippen molar-refractivity contribution in [3.63, 3.8) is 0 Å². The molecule has 3 atom stereocenters. The first-order chi connectivity index (χ1) is 20.4. The number of ether oxygens (including phenoxy) is 1. The van der Waals surface area contributed by atoms with Gasteiger partial charge in [0.25, 0.3) is 11.8 Å². The van der Waals surface area contributed by atoms with Crippen LogP contribution in [-0.4, -0.2) is 34.5 Å². The molecule has 0 radical (unpaired) electrons. The fourth-order valence-electron chi connectivity index (χ4n) is 4.20. The number of carbonyl (C=O) groups excluding carboxylic acids is 3. The van der Waals surface area contributed by atoms with Crippen LogP contribution < -0.4 is 16.0 Å². The van der Waals surface area contributed by atoms with Crippen LogP contribution in [0.15, 0.2) is 48.5 Å². The summed E-state index contributed by atoms with van der Waals surface area (Å²) in [6.07, 6.45) is -7.33. The summed E-state index contributed by atoms with van der Waals surface area (Å²) < 4.78 is 68.6. The number of halogens is 10. The molecule has 1 fully saturated rings. The van der Waals surface area contributed by atoms with Crippen LogP contribution in [0.5, 0.6) is 0 Å². The van der Waals surface area contributed by atoms with Crippen LogP contribution in [0.1, 0.15) is 28.8 Å². The smallest absolute Gasteiger partial charge is 0.326 e. The van der Waals surface area contributed by atoms with E-state index in [4.69, 9.17) is 58.0 Å². The molecular weight excluding hydrogens is 703 g/mol. The monoisotopic (exact) mass is 717 g/mol. The number of benzene rings is 3. The van der Waals surface area contributed by atoms with Crippen molar-refractivity contribution in [1.29, 1.82) is 0 Å². The first kappa shape index (κ1) is 34.0. The summed E-state index contributed by atoms with van der Waals surface area (Å²) in [7, 11) is 0. The summed E-state index contributed by atoms with van der Waals surface area (Å²) in [5.74, 6) is -7.53. The SMILES string of the molecule is CC(OC(F)(F)F)C(=O)Nc1c(F)ccc(NC(=O)c2cc(NC(=O)C3[C@H](c4ccc(Cl)c(Cl)c4)C3(Cl)Cl)ccc2Cl)c1F. The zero-order valence-corrected chi connectivity index (χ0v) is 25.5. The molecular formula is C27H17Cl5F5N3O4. The molecule has 0 spiro atoms. The van der Waals surface area contributed by atoms with E-state index in [1.807, 2.05) is 0 Å². The topological polar surface area (TPSA) is 96.5 Å². The third kappa shape index (κ3) is 7.49. The predicted octanol–water partition coefficient (Wildman–Crippen LogP) is 8.57. The van der Waals surface area contributed by atoms with E-state index < -0.39 is 69.4 Å². The van der Waals surface area contributed by atoms with Gasteiger partial charge in [-0.1, -0.05) is 40.9 Å². The first-order valence-corrected chi connectivity index (χ1v) is 14.1. The molecule has 3 amide bonds. The van der Waals surface area contributed by atoms with E-state index in [-0.39, 0.29) is 21.3 Å². The zero-order valence-electron chi connectivity index (χ0n) is 21.8. The fraction of sp³-hybridized carbons (Fsp3) is 0.222. The fourth-order valence-corrected chi connectivity index (χ4v) is 5.54. The lowest BCUT2D eigenvalue weighted by Gasteiger charge is -2.17. The Morgan fingerprint density at radius 3 is 2.18 bits per heavy atom. The van der Waals surface area contributed by atoms with Crippen molar-refractivity contribution in [2.45, 2.75) is 29.6 Å². The molecule has 44 heavy (non-hydrogen) atoms. The van der Waals surface area contributed by atoms with Crippen LogP contribution in [0, 0.1) is 17.6 Å². The van der Waals surface area contributed by atoms with Gasteiger partial charge in [0.15, 0.2) is 5.82 Å². The molecule has 234 valence electrons. The normalized spacial score (nSPS) is 17.9. The largest absolute Gasteiger partial charge is 0.523 e. The first-order valence-electron chi connectivity index (χ1n) is 12.2. The molecule has 7 nitrogen and oxygen atoms in total. The van der Waals surface area contributed by atoms with Crippen molar-refractivity contribution in [3.8, 4) is 0 Å². The van der Waals surface area contributed by atoms with Crippen molar-refractivity contribution in [2.75, 3.05) is 16.0 Å². The standard InChI is InChI=1S/C27H17Cl5F5N3O4/c1-10(44-27(35,36)37)23(41)40-22-17(33)6-7-18(21(22)34)39-24(42)13-9-12(3-5-14(13)28)38-25(43)20-19(26(20,31)32)11-2-4-15(29)16(30)8-11/h2-10,19-20H,1H3,(H,38,43)(H,39,42)(H,40,41)/t10?,19-,20?/m0/s1. The Labute approximate surface area is 270 Å². The molecule has 3 N–H and O–H groups in total. The van der Waals surface area contributed by atoms with Gasteiger partial charge in [0.1, 0.15) is 21.9 Å². The van der Waals surface area contributed by atoms with E-state index >= 15 is 4.39 Å². The molecule has 0 aromatic heterocycles. The molecule has 0 saturated heterocycles. The van der Waals surface area contributed by atoms with Gasteiger partial charge < -0.3 is 16.0 Å². The lowest BCUT2D eigenvalue weighted by molar-refractivity contribution is -0.335. The van der Waals surface area contributed by atoms with E-state index in [0.29, 0.717) is 16.7 Å². The quantitative estimate of drug-likeness (QED) is 0.161. The summed E-state index contributed by atoms with van der Waals surface area (Å²) in [5, 5.41) is 6.79. The molecule has 1 aliphatic rings. The van der Waals surface area contributed by atoms with E-state index in [2.05, 4.69) is 15.4 Å².